The molecule has 0 atom stereocenters. The van der Waals surface area contributed by atoms with Gasteiger partial charge in [-0.15, -0.1) is 0 Å². The van der Waals surface area contributed by atoms with Crippen LogP contribution in [0.1, 0.15) is 52.4 Å². The summed E-state index contributed by atoms with van der Waals surface area (Å²) in [6.07, 6.45) is 0.104. The molecule has 19 heavy (non-hydrogen) atoms. The van der Waals surface area contributed by atoms with Gasteiger partial charge in [-0.25, -0.2) is 4.79 Å². The van der Waals surface area contributed by atoms with Crippen molar-refractivity contribution in [2.45, 2.75) is 33.6 Å². The zero-order chi connectivity index (χ0) is 14.6. The zero-order valence-corrected chi connectivity index (χ0v) is 11.2. The molecule has 0 bridgehead atoms. The van der Waals surface area contributed by atoms with E-state index in [4.69, 9.17) is 9.84 Å². The van der Waals surface area contributed by atoms with Crippen LogP contribution in [-0.4, -0.2) is 34.4 Å². The first-order valence-corrected chi connectivity index (χ1v) is 5.99. The summed E-state index contributed by atoms with van der Waals surface area (Å²) in [5, 5.41) is 8.71. The first-order valence-electron chi connectivity index (χ1n) is 5.99. The lowest BCUT2D eigenvalue weighted by atomic mass is 10.0. The van der Waals surface area contributed by atoms with E-state index in [2.05, 4.69) is 4.98 Å². The number of carbonyl (C=O) groups excluding carboxylic acids is 2. The van der Waals surface area contributed by atoms with E-state index in [-0.39, 0.29) is 36.5 Å². The lowest BCUT2D eigenvalue weighted by molar-refractivity contribution is -0.136. The summed E-state index contributed by atoms with van der Waals surface area (Å²) < 4.78 is 4.87. The fraction of sp³-hybridized carbons (Fsp3) is 0.462. The Morgan fingerprint density at radius 2 is 1.95 bits per heavy atom. The SMILES string of the molecule is CCOC(=O)c1[nH]c(C)c(CCC(=O)O)c1C(C)=O. The molecule has 0 radical (unpaired) electrons. The van der Waals surface area contributed by atoms with E-state index >= 15 is 0 Å². The Bertz CT molecular complexity index is 515. The predicted octanol–water partition coefficient (Wildman–Crippen LogP) is 1.72. The molecule has 0 saturated carbocycles. The standard InChI is InChI=1S/C13H17NO5/c1-4-19-13(18)12-11(8(3)15)9(7(2)14-12)5-6-10(16)17/h14H,4-6H2,1-3H3,(H,16,17). The highest BCUT2D eigenvalue weighted by Crippen LogP contribution is 2.22. The van der Waals surface area contributed by atoms with Crippen molar-refractivity contribution >= 4 is 17.7 Å². The van der Waals surface area contributed by atoms with Crippen LogP contribution in [0, 0.1) is 6.92 Å². The van der Waals surface area contributed by atoms with Crippen LogP contribution < -0.4 is 0 Å². The summed E-state index contributed by atoms with van der Waals surface area (Å²) >= 11 is 0. The third-order valence-electron chi connectivity index (χ3n) is 2.74. The van der Waals surface area contributed by atoms with E-state index in [9.17, 15) is 14.4 Å². The minimum atomic E-state index is -0.951. The van der Waals surface area contributed by atoms with Crippen LogP contribution in [0.25, 0.3) is 0 Å². The van der Waals surface area contributed by atoms with Crippen LogP contribution in [0.15, 0.2) is 0 Å². The van der Waals surface area contributed by atoms with Crippen molar-refractivity contribution in [3.8, 4) is 0 Å². The van der Waals surface area contributed by atoms with E-state index in [0.29, 0.717) is 11.3 Å². The predicted molar refractivity (Wildman–Crippen MR) is 67.4 cm³/mol. The van der Waals surface area contributed by atoms with Gasteiger partial charge in [0, 0.05) is 12.1 Å². The van der Waals surface area contributed by atoms with E-state index < -0.39 is 11.9 Å². The van der Waals surface area contributed by atoms with E-state index in [1.807, 2.05) is 0 Å². The van der Waals surface area contributed by atoms with Gasteiger partial charge in [0.1, 0.15) is 5.69 Å². The molecule has 6 heteroatoms. The molecule has 0 saturated heterocycles. The Labute approximate surface area is 110 Å². The minimum Gasteiger partial charge on any atom is -0.481 e. The number of nitrogens with one attached hydrogen (secondary N) is 1. The van der Waals surface area contributed by atoms with Crippen molar-refractivity contribution in [2.75, 3.05) is 6.61 Å². The third kappa shape index (κ3) is 3.43. The Morgan fingerprint density at radius 1 is 1.32 bits per heavy atom. The van der Waals surface area contributed by atoms with Gasteiger partial charge in [0.25, 0.3) is 0 Å². The lowest BCUT2D eigenvalue weighted by Crippen LogP contribution is -2.11. The Balaban J connectivity index is 3.20. The number of H-pyrrole nitrogens is 1. The average Bonchev–Trinajstić information content (AvgIpc) is 2.64. The van der Waals surface area contributed by atoms with Gasteiger partial charge in [0.05, 0.1) is 12.2 Å². The third-order valence-corrected chi connectivity index (χ3v) is 2.74. The summed E-state index contributed by atoms with van der Waals surface area (Å²) in [5.41, 5.74) is 1.52. The highest BCUT2D eigenvalue weighted by Gasteiger charge is 2.24. The van der Waals surface area contributed by atoms with Gasteiger partial charge >= 0.3 is 11.9 Å². The number of hydrogen-bond acceptors (Lipinski definition) is 4. The van der Waals surface area contributed by atoms with Crippen molar-refractivity contribution < 1.29 is 24.2 Å². The first-order chi connectivity index (χ1) is 8.88. The molecule has 0 unspecified atom stereocenters. The second kappa shape index (κ2) is 6.17. The lowest BCUT2D eigenvalue weighted by Gasteiger charge is -2.03. The smallest absolute Gasteiger partial charge is 0.355 e. The molecule has 1 rings (SSSR count). The molecule has 0 spiro atoms. The molecule has 0 aromatic carbocycles. The summed E-state index contributed by atoms with van der Waals surface area (Å²) in [6.45, 7) is 4.92. The highest BCUT2D eigenvalue weighted by atomic mass is 16.5. The van der Waals surface area contributed by atoms with Gasteiger partial charge < -0.3 is 14.8 Å². The van der Waals surface area contributed by atoms with Crippen LogP contribution in [0.2, 0.25) is 0 Å². The Hall–Kier alpha value is -2.11. The van der Waals surface area contributed by atoms with Crippen LogP contribution in [-0.2, 0) is 16.0 Å². The second-order valence-corrected chi connectivity index (χ2v) is 4.15. The number of carbonyl (C=O) groups is 3. The molecule has 0 fully saturated rings. The van der Waals surface area contributed by atoms with Gasteiger partial charge in [-0.3, -0.25) is 9.59 Å². The summed E-state index contributed by atoms with van der Waals surface area (Å²) in [4.78, 5) is 36.9. The fourth-order valence-electron chi connectivity index (χ4n) is 1.95. The molecule has 0 aliphatic rings. The van der Waals surface area contributed by atoms with E-state index in [1.54, 1.807) is 13.8 Å². The highest BCUT2D eigenvalue weighted by molar-refractivity contribution is 6.06. The fourth-order valence-corrected chi connectivity index (χ4v) is 1.95. The zero-order valence-electron chi connectivity index (χ0n) is 11.2. The molecule has 0 amide bonds. The number of Topliss-reactive ketones (excluding diaryl/α,β-unsaturated/α-hetero) is 1. The van der Waals surface area contributed by atoms with Crippen LogP contribution in [0.4, 0.5) is 0 Å². The summed E-state index contributed by atoms with van der Waals surface area (Å²) in [5.74, 6) is -1.84. The molecular weight excluding hydrogens is 250 g/mol. The van der Waals surface area contributed by atoms with Gasteiger partial charge in [-0.05, 0) is 32.8 Å². The number of rotatable bonds is 6. The van der Waals surface area contributed by atoms with Crippen molar-refractivity contribution in [1.82, 2.24) is 4.98 Å². The average molecular weight is 267 g/mol. The molecule has 2 N–H and O–H groups in total. The number of hydrogen-bond donors (Lipinski definition) is 2. The normalized spacial score (nSPS) is 10.3. The van der Waals surface area contributed by atoms with Crippen LogP contribution in [0.5, 0.6) is 0 Å². The number of ether oxygens (including phenoxy) is 1. The Kier molecular flexibility index (Phi) is 4.86. The minimum absolute atomic E-state index is 0.0960. The number of carboxylic acid groups (broad SMARTS) is 1. The second-order valence-electron chi connectivity index (χ2n) is 4.15. The summed E-state index contributed by atoms with van der Waals surface area (Å²) in [7, 11) is 0. The van der Waals surface area contributed by atoms with Crippen molar-refractivity contribution in [3.05, 3.63) is 22.5 Å². The number of aromatic amines is 1. The Morgan fingerprint density at radius 3 is 2.42 bits per heavy atom. The molecule has 104 valence electrons. The van der Waals surface area contributed by atoms with Gasteiger partial charge in [-0.2, -0.15) is 0 Å². The largest absolute Gasteiger partial charge is 0.481 e. The van der Waals surface area contributed by atoms with Gasteiger partial charge in [0.2, 0.25) is 0 Å². The monoisotopic (exact) mass is 267 g/mol. The van der Waals surface area contributed by atoms with Crippen LogP contribution in [0.3, 0.4) is 0 Å². The van der Waals surface area contributed by atoms with Gasteiger partial charge in [-0.1, -0.05) is 0 Å². The van der Waals surface area contributed by atoms with Crippen molar-refractivity contribution in [2.24, 2.45) is 0 Å². The van der Waals surface area contributed by atoms with Gasteiger partial charge in [0.15, 0.2) is 5.78 Å². The maximum absolute atomic E-state index is 11.8. The molecule has 1 heterocycles. The van der Waals surface area contributed by atoms with E-state index in [0.717, 1.165) is 0 Å². The molecule has 0 aliphatic carbocycles. The number of carboxylic acids is 1. The maximum Gasteiger partial charge on any atom is 0.355 e. The molecule has 1 aromatic rings. The number of ketones is 1. The number of esters is 1. The number of aliphatic carboxylic acids is 1. The van der Waals surface area contributed by atoms with Crippen molar-refractivity contribution in [3.63, 3.8) is 0 Å². The number of aryl methyl sites for hydroxylation is 1. The molecule has 1 aromatic heterocycles. The molecule has 0 aliphatic heterocycles. The topological polar surface area (TPSA) is 96.5 Å². The maximum atomic E-state index is 11.8. The molecule has 6 nitrogen and oxygen atoms in total. The van der Waals surface area contributed by atoms with Crippen molar-refractivity contribution in [1.29, 1.82) is 0 Å². The van der Waals surface area contributed by atoms with E-state index in [1.165, 1.54) is 6.92 Å². The quantitative estimate of drug-likeness (QED) is 0.604. The summed E-state index contributed by atoms with van der Waals surface area (Å²) in [6, 6.07) is 0. The number of aromatic nitrogens is 1. The molecular formula is C13H17NO5. The van der Waals surface area contributed by atoms with Crippen LogP contribution >= 0.6 is 0 Å². The first kappa shape index (κ1) is 14.9.